The molecule has 2 nitrogen and oxygen atoms in total. The van der Waals surface area contributed by atoms with Gasteiger partial charge in [-0.15, -0.1) is 11.8 Å². The van der Waals surface area contributed by atoms with Crippen molar-refractivity contribution in [3.8, 4) is 0 Å². The number of carbonyl (C=O) groups is 1. The van der Waals surface area contributed by atoms with Crippen molar-refractivity contribution in [3.63, 3.8) is 0 Å². The molecular formula is C11H13FO2S. The van der Waals surface area contributed by atoms with Gasteiger partial charge in [0.15, 0.2) is 0 Å². The van der Waals surface area contributed by atoms with Crippen molar-refractivity contribution in [1.82, 2.24) is 0 Å². The third-order valence-corrected chi connectivity index (χ3v) is 3.11. The van der Waals surface area contributed by atoms with Crippen LogP contribution in [0.25, 0.3) is 0 Å². The molecule has 0 saturated heterocycles. The van der Waals surface area contributed by atoms with Crippen LogP contribution in [0.5, 0.6) is 0 Å². The topological polar surface area (TPSA) is 26.3 Å². The fraction of sp³-hybridized carbons (Fsp3) is 0.364. The standard InChI is InChI=1S/C11H13FO2S/c1-8(11(13)14-2)15-7-9-4-3-5-10(12)6-9/h3-6,8H,7H2,1-2H3. The molecule has 0 aliphatic heterocycles. The van der Waals surface area contributed by atoms with Crippen LogP contribution in [-0.2, 0) is 15.3 Å². The van der Waals surface area contributed by atoms with E-state index in [1.807, 2.05) is 6.07 Å². The minimum atomic E-state index is -0.253. The van der Waals surface area contributed by atoms with Gasteiger partial charge >= 0.3 is 5.97 Å². The van der Waals surface area contributed by atoms with Crippen molar-refractivity contribution in [3.05, 3.63) is 35.6 Å². The highest BCUT2D eigenvalue weighted by Gasteiger charge is 2.13. The fourth-order valence-electron chi connectivity index (χ4n) is 1.08. The van der Waals surface area contributed by atoms with E-state index in [1.165, 1.54) is 31.0 Å². The highest BCUT2D eigenvalue weighted by atomic mass is 32.2. The van der Waals surface area contributed by atoms with Gasteiger partial charge in [0.25, 0.3) is 0 Å². The van der Waals surface area contributed by atoms with E-state index in [-0.39, 0.29) is 17.0 Å². The Labute approximate surface area is 92.8 Å². The van der Waals surface area contributed by atoms with Gasteiger partial charge in [0, 0.05) is 5.75 Å². The number of benzene rings is 1. The summed E-state index contributed by atoms with van der Waals surface area (Å²) < 4.78 is 17.4. The van der Waals surface area contributed by atoms with Gasteiger partial charge in [0.1, 0.15) is 5.82 Å². The van der Waals surface area contributed by atoms with Crippen LogP contribution in [0, 0.1) is 5.82 Å². The van der Waals surface area contributed by atoms with Crippen LogP contribution in [0.4, 0.5) is 4.39 Å². The molecule has 0 spiro atoms. The van der Waals surface area contributed by atoms with Crippen LogP contribution in [0.15, 0.2) is 24.3 Å². The molecular weight excluding hydrogens is 215 g/mol. The van der Waals surface area contributed by atoms with Crippen molar-refractivity contribution >= 4 is 17.7 Å². The zero-order chi connectivity index (χ0) is 11.3. The number of methoxy groups -OCH3 is 1. The second-order valence-corrected chi connectivity index (χ2v) is 4.44. The molecule has 1 rings (SSSR count). The molecule has 0 aliphatic rings. The summed E-state index contributed by atoms with van der Waals surface area (Å²) in [5, 5.41) is -0.224. The highest BCUT2D eigenvalue weighted by molar-refractivity contribution is 7.99. The minimum absolute atomic E-state index is 0.224. The van der Waals surface area contributed by atoms with Gasteiger partial charge in [-0.1, -0.05) is 12.1 Å². The molecule has 0 bridgehead atoms. The molecule has 0 amide bonds. The lowest BCUT2D eigenvalue weighted by Gasteiger charge is -2.08. The highest BCUT2D eigenvalue weighted by Crippen LogP contribution is 2.18. The summed E-state index contributed by atoms with van der Waals surface area (Å²) in [4.78, 5) is 11.1. The van der Waals surface area contributed by atoms with Gasteiger partial charge in [-0.2, -0.15) is 0 Å². The van der Waals surface area contributed by atoms with E-state index in [2.05, 4.69) is 4.74 Å². The quantitative estimate of drug-likeness (QED) is 0.741. The predicted octanol–water partition coefficient (Wildman–Crippen LogP) is 2.62. The molecule has 1 atom stereocenters. The first-order valence-corrected chi connectivity index (χ1v) is 5.62. The summed E-state index contributed by atoms with van der Waals surface area (Å²) in [6, 6.07) is 6.36. The van der Waals surface area contributed by atoms with Gasteiger partial charge in [-0.3, -0.25) is 4.79 Å². The molecule has 0 radical (unpaired) electrons. The van der Waals surface area contributed by atoms with Gasteiger partial charge in [-0.25, -0.2) is 4.39 Å². The summed E-state index contributed by atoms with van der Waals surface area (Å²) in [7, 11) is 1.36. The van der Waals surface area contributed by atoms with E-state index in [9.17, 15) is 9.18 Å². The van der Waals surface area contributed by atoms with Crippen molar-refractivity contribution in [2.45, 2.75) is 17.9 Å². The third-order valence-electron chi connectivity index (χ3n) is 1.92. The summed E-state index contributed by atoms with van der Waals surface area (Å²) in [5.74, 6) is 0.101. The predicted molar refractivity (Wildman–Crippen MR) is 59.2 cm³/mol. The van der Waals surface area contributed by atoms with Gasteiger partial charge in [-0.05, 0) is 24.6 Å². The first-order chi connectivity index (χ1) is 7.13. The lowest BCUT2D eigenvalue weighted by molar-refractivity contribution is -0.139. The number of hydrogen-bond acceptors (Lipinski definition) is 3. The molecule has 0 aromatic heterocycles. The van der Waals surface area contributed by atoms with E-state index >= 15 is 0 Å². The summed E-state index contributed by atoms with van der Waals surface area (Å²) in [5.41, 5.74) is 0.871. The van der Waals surface area contributed by atoms with E-state index in [0.29, 0.717) is 5.75 Å². The Balaban J connectivity index is 2.47. The Hall–Kier alpha value is -1.03. The monoisotopic (exact) mass is 228 g/mol. The van der Waals surface area contributed by atoms with Crippen molar-refractivity contribution in [1.29, 1.82) is 0 Å². The van der Waals surface area contributed by atoms with Crippen molar-refractivity contribution < 1.29 is 13.9 Å². The maximum absolute atomic E-state index is 12.8. The Morgan fingerprint density at radius 1 is 1.60 bits per heavy atom. The smallest absolute Gasteiger partial charge is 0.318 e. The normalized spacial score (nSPS) is 12.2. The SMILES string of the molecule is COC(=O)C(C)SCc1cccc(F)c1. The second-order valence-electron chi connectivity index (χ2n) is 3.11. The Morgan fingerprint density at radius 3 is 2.93 bits per heavy atom. The molecule has 82 valence electrons. The lowest BCUT2D eigenvalue weighted by atomic mass is 10.2. The van der Waals surface area contributed by atoms with E-state index in [4.69, 9.17) is 0 Å². The average Bonchev–Trinajstić information content (AvgIpc) is 2.25. The van der Waals surface area contributed by atoms with Gasteiger partial charge < -0.3 is 4.74 Å². The Morgan fingerprint density at radius 2 is 2.33 bits per heavy atom. The summed E-state index contributed by atoms with van der Waals surface area (Å²) in [6.07, 6.45) is 0. The van der Waals surface area contributed by atoms with Crippen LogP contribution >= 0.6 is 11.8 Å². The first kappa shape index (κ1) is 12.0. The number of hydrogen-bond donors (Lipinski definition) is 0. The zero-order valence-corrected chi connectivity index (χ0v) is 9.51. The largest absolute Gasteiger partial charge is 0.468 e. The first-order valence-electron chi connectivity index (χ1n) is 4.57. The number of ether oxygens (including phenoxy) is 1. The zero-order valence-electron chi connectivity index (χ0n) is 8.70. The molecule has 0 saturated carbocycles. The molecule has 0 aliphatic carbocycles. The minimum Gasteiger partial charge on any atom is -0.468 e. The number of thioether (sulfide) groups is 1. The van der Waals surface area contributed by atoms with E-state index < -0.39 is 0 Å². The van der Waals surface area contributed by atoms with Crippen LogP contribution in [0.2, 0.25) is 0 Å². The number of esters is 1. The average molecular weight is 228 g/mol. The molecule has 0 heterocycles. The Kier molecular flexibility index (Phi) is 4.62. The number of carbonyl (C=O) groups excluding carboxylic acids is 1. The van der Waals surface area contributed by atoms with E-state index in [1.54, 1.807) is 13.0 Å². The summed E-state index contributed by atoms with van der Waals surface area (Å²) >= 11 is 1.43. The number of rotatable bonds is 4. The molecule has 1 aromatic rings. The van der Waals surface area contributed by atoms with Crippen molar-refractivity contribution in [2.24, 2.45) is 0 Å². The molecule has 1 aromatic carbocycles. The molecule has 4 heteroatoms. The van der Waals surface area contributed by atoms with Crippen LogP contribution in [0.3, 0.4) is 0 Å². The van der Waals surface area contributed by atoms with Crippen LogP contribution in [-0.4, -0.2) is 18.3 Å². The third kappa shape index (κ3) is 3.91. The van der Waals surface area contributed by atoms with Crippen molar-refractivity contribution in [2.75, 3.05) is 7.11 Å². The fourth-order valence-corrected chi connectivity index (χ4v) is 1.94. The molecule has 0 fully saturated rings. The number of halogens is 1. The maximum atomic E-state index is 12.8. The van der Waals surface area contributed by atoms with E-state index in [0.717, 1.165) is 5.56 Å². The lowest BCUT2D eigenvalue weighted by Crippen LogP contribution is -2.14. The van der Waals surface area contributed by atoms with Gasteiger partial charge in [0.05, 0.1) is 12.4 Å². The molecule has 0 N–H and O–H groups in total. The van der Waals surface area contributed by atoms with Gasteiger partial charge in [0.2, 0.25) is 0 Å². The molecule has 15 heavy (non-hydrogen) atoms. The maximum Gasteiger partial charge on any atom is 0.318 e. The van der Waals surface area contributed by atoms with Crippen LogP contribution < -0.4 is 0 Å². The Bertz CT molecular complexity index is 341. The second kappa shape index (κ2) is 5.75. The molecule has 1 unspecified atom stereocenters. The van der Waals surface area contributed by atoms with Crippen LogP contribution in [0.1, 0.15) is 12.5 Å². The summed E-state index contributed by atoms with van der Waals surface area (Å²) in [6.45, 7) is 1.77.